The zero-order valence-corrected chi connectivity index (χ0v) is 27.6. The van der Waals surface area contributed by atoms with Gasteiger partial charge in [0.15, 0.2) is 0 Å². The Balaban J connectivity index is 1.41. The summed E-state index contributed by atoms with van der Waals surface area (Å²) in [7, 11) is -0.0480. The Morgan fingerprint density at radius 2 is 1.77 bits per heavy atom. The Labute approximate surface area is 259 Å². The van der Waals surface area contributed by atoms with Crippen LogP contribution in [0.1, 0.15) is 93.0 Å². The summed E-state index contributed by atoms with van der Waals surface area (Å²) >= 11 is 0. The number of nitriles is 1. The number of fused-ring (bicyclic) bond motifs is 1. The van der Waals surface area contributed by atoms with Crippen LogP contribution in [0.25, 0.3) is 0 Å². The van der Waals surface area contributed by atoms with Crippen LogP contribution in [0.5, 0.6) is 5.75 Å². The molecule has 7 rings (SSSR count). The van der Waals surface area contributed by atoms with E-state index in [0.717, 1.165) is 66.0 Å². The van der Waals surface area contributed by atoms with Crippen molar-refractivity contribution < 1.29 is 9.53 Å². The molecular weight excluding hydrogens is 547 g/mol. The minimum Gasteiger partial charge on any atom is -0.497 e. The van der Waals surface area contributed by atoms with Gasteiger partial charge in [-0.05, 0) is 116 Å². The van der Waals surface area contributed by atoms with Crippen molar-refractivity contribution in [1.29, 1.82) is 5.26 Å². The molecule has 4 saturated carbocycles. The fourth-order valence-electron chi connectivity index (χ4n) is 8.96. The topological polar surface area (TPSA) is 65.4 Å². The van der Waals surface area contributed by atoms with E-state index in [1.165, 1.54) is 44.1 Å². The molecule has 0 saturated heterocycles. The zero-order chi connectivity index (χ0) is 30.4. The molecule has 2 aromatic carbocycles. The first-order valence-corrected chi connectivity index (χ1v) is 19.9. The number of hydrogen-bond acceptors (Lipinski definition) is 4. The van der Waals surface area contributed by atoms with Crippen LogP contribution in [0.3, 0.4) is 0 Å². The molecule has 0 aromatic heterocycles. The quantitative estimate of drug-likeness (QED) is 0.262. The molecule has 1 N–H and O–H groups in total. The molecular formula is C37H47N3O2Si. The van der Waals surface area contributed by atoms with Crippen molar-refractivity contribution in [1.82, 2.24) is 4.90 Å². The monoisotopic (exact) mass is 593 g/mol. The van der Waals surface area contributed by atoms with Gasteiger partial charge >= 0.3 is 0 Å². The SMILES string of the molecule is CCCC[C@H]1Cc2cc(OC)ccc2[C@@H](c2ccc(NC34CC5CC(CC(C5)C3)C4)c(C#N)c2)N1C(=O)C#C[Si](C)(C)C. The number of nitrogens with one attached hydrogen (secondary N) is 1. The molecule has 2 atom stereocenters. The molecule has 2 aromatic rings. The second-order valence-corrected chi connectivity index (χ2v) is 19.7. The van der Waals surface area contributed by atoms with E-state index in [4.69, 9.17) is 4.74 Å². The Hall–Kier alpha value is -3.22. The number of ether oxygens (including phenoxy) is 1. The van der Waals surface area contributed by atoms with Crippen molar-refractivity contribution >= 4 is 19.7 Å². The number of amides is 1. The number of benzene rings is 2. The third-order valence-electron chi connectivity index (χ3n) is 10.4. The van der Waals surface area contributed by atoms with Crippen LogP contribution in [0, 0.1) is 40.5 Å². The lowest BCUT2D eigenvalue weighted by Crippen LogP contribution is -2.54. The van der Waals surface area contributed by atoms with Crippen molar-refractivity contribution in [3.63, 3.8) is 0 Å². The fraction of sp³-hybridized carbons (Fsp3) is 0.568. The molecule has 1 amide bonds. The van der Waals surface area contributed by atoms with Gasteiger partial charge in [-0.15, -0.1) is 5.54 Å². The molecule has 4 bridgehead atoms. The van der Waals surface area contributed by atoms with Gasteiger partial charge < -0.3 is 15.0 Å². The Morgan fingerprint density at radius 3 is 2.37 bits per heavy atom. The van der Waals surface area contributed by atoms with Crippen LogP contribution < -0.4 is 10.1 Å². The lowest BCUT2D eigenvalue weighted by atomic mass is 9.53. The van der Waals surface area contributed by atoms with Gasteiger partial charge in [0, 0.05) is 11.6 Å². The third kappa shape index (κ3) is 6.09. The lowest BCUT2D eigenvalue weighted by molar-refractivity contribution is -0.130. The highest BCUT2D eigenvalue weighted by Crippen LogP contribution is 2.57. The number of hydrogen-bond donors (Lipinski definition) is 1. The first-order chi connectivity index (χ1) is 20.6. The number of anilines is 1. The summed E-state index contributed by atoms with van der Waals surface area (Å²) in [6, 6.07) is 14.8. The predicted molar refractivity (Wildman–Crippen MR) is 176 cm³/mol. The molecule has 5 nitrogen and oxygen atoms in total. The highest BCUT2D eigenvalue weighted by Gasteiger charge is 2.51. The van der Waals surface area contributed by atoms with Crippen LogP contribution in [0.15, 0.2) is 36.4 Å². The summed E-state index contributed by atoms with van der Waals surface area (Å²) in [6.07, 6.45) is 11.6. The third-order valence-corrected chi connectivity index (χ3v) is 11.2. The van der Waals surface area contributed by atoms with E-state index in [0.29, 0.717) is 5.56 Å². The van der Waals surface area contributed by atoms with Crippen LogP contribution in [-0.2, 0) is 11.2 Å². The van der Waals surface area contributed by atoms with Gasteiger partial charge in [0.25, 0.3) is 5.91 Å². The molecule has 6 heteroatoms. The summed E-state index contributed by atoms with van der Waals surface area (Å²) in [6.45, 7) is 8.71. The molecule has 0 spiro atoms. The Kier molecular flexibility index (Phi) is 8.12. The fourth-order valence-corrected chi connectivity index (χ4v) is 9.44. The van der Waals surface area contributed by atoms with Crippen molar-refractivity contribution in [2.24, 2.45) is 17.8 Å². The predicted octanol–water partition coefficient (Wildman–Crippen LogP) is 7.86. The molecule has 1 heterocycles. The maximum Gasteiger partial charge on any atom is 0.298 e. The van der Waals surface area contributed by atoms with Crippen LogP contribution >= 0.6 is 0 Å². The van der Waals surface area contributed by atoms with E-state index in [1.807, 2.05) is 17.0 Å². The number of rotatable bonds is 7. The van der Waals surface area contributed by atoms with Crippen molar-refractivity contribution in [2.75, 3.05) is 12.4 Å². The summed E-state index contributed by atoms with van der Waals surface area (Å²) in [4.78, 5) is 16.1. The summed E-state index contributed by atoms with van der Waals surface area (Å²) < 4.78 is 5.61. The van der Waals surface area contributed by atoms with E-state index in [2.05, 4.69) is 73.7 Å². The smallest absolute Gasteiger partial charge is 0.298 e. The number of nitrogens with zero attached hydrogens (tertiary/aromatic N) is 2. The highest BCUT2D eigenvalue weighted by atomic mass is 28.3. The zero-order valence-electron chi connectivity index (χ0n) is 26.6. The van der Waals surface area contributed by atoms with E-state index in [9.17, 15) is 10.1 Å². The van der Waals surface area contributed by atoms with Crippen LogP contribution in [0.4, 0.5) is 5.69 Å². The summed E-state index contributed by atoms with van der Waals surface area (Å²) in [5.41, 5.74) is 8.34. The number of carbonyl (C=O) groups is 1. The number of carbonyl (C=O) groups excluding carboxylic acids is 1. The second kappa shape index (κ2) is 11.7. The number of methoxy groups -OCH3 is 1. The van der Waals surface area contributed by atoms with Crippen molar-refractivity contribution in [3.05, 3.63) is 58.7 Å². The maximum atomic E-state index is 14.0. The summed E-state index contributed by atoms with van der Waals surface area (Å²) in [5.74, 6) is 6.29. The molecule has 43 heavy (non-hydrogen) atoms. The van der Waals surface area contributed by atoms with Gasteiger partial charge in [-0.2, -0.15) is 5.26 Å². The highest BCUT2D eigenvalue weighted by molar-refractivity contribution is 6.84. The second-order valence-electron chi connectivity index (χ2n) is 14.9. The molecule has 4 aliphatic carbocycles. The lowest BCUT2D eigenvalue weighted by Gasteiger charge is -2.57. The van der Waals surface area contributed by atoms with Gasteiger partial charge in [-0.3, -0.25) is 4.79 Å². The van der Waals surface area contributed by atoms with Crippen LogP contribution in [0.2, 0.25) is 19.6 Å². The first kappa shape index (κ1) is 29.8. The first-order valence-electron chi connectivity index (χ1n) is 16.4. The summed E-state index contributed by atoms with van der Waals surface area (Å²) in [5, 5.41) is 14.4. The van der Waals surface area contributed by atoms with Crippen molar-refractivity contribution in [2.45, 2.75) is 108 Å². The molecule has 4 fully saturated rings. The number of unbranched alkanes of at least 4 members (excludes halogenated alkanes) is 1. The minimum absolute atomic E-state index is 0.0309. The van der Waals surface area contributed by atoms with E-state index in [-0.39, 0.29) is 23.5 Å². The average Bonchev–Trinajstić information content (AvgIpc) is 2.96. The van der Waals surface area contributed by atoms with Gasteiger partial charge in [0.2, 0.25) is 0 Å². The van der Waals surface area contributed by atoms with Crippen LogP contribution in [-0.4, -0.2) is 37.6 Å². The van der Waals surface area contributed by atoms with E-state index in [1.54, 1.807) is 7.11 Å². The molecule has 1 aliphatic heterocycles. The molecule has 5 aliphatic rings. The van der Waals surface area contributed by atoms with Gasteiger partial charge in [0.05, 0.1) is 24.4 Å². The Morgan fingerprint density at radius 1 is 1.07 bits per heavy atom. The van der Waals surface area contributed by atoms with E-state index >= 15 is 0 Å². The Bertz CT molecular complexity index is 1450. The molecule has 0 radical (unpaired) electrons. The van der Waals surface area contributed by atoms with E-state index < -0.39 is 8.07 Å². The normalized spacial score (nSPS) is 28.8. The standard InChI is InChI=1S/C37H47N3O2Si/c1-6-7-8-31-19-29-20-32(42-2)10-11-33(29)36(40(31)35(41)13-14-43(3,4)5)28-9-12-34(30(18-28)24-38)39-37-21-25-15-26(22-37)17-27(16-25)23-37/h9-12,18,20,25-27,31,36,39H,6-8,15-17,19,21-23H2,1-5H3/t25?,26?,27?,31-,36+,37?/m0/s1. The molecule has 226 valence electrons. The van der Waals surface area contributed by atoms with Crippen molar-refractivity contribution in [3.8, 4) is 23.3 Å². The van der Waals surface area contributed by atoms with Gasteiger partial charge in [-0.25, -0.2) is 0 Å². The minimum atomic E-state index is -1.75. The maximum absolute atomic E-state index is 14.0. The molecule has 0 unspecified atom stereocenters. The van der Waals surface area contributed by atoms with Gasteiger partial charge in [-0.1, -0.05) is 51.5 Å². The average molecular weight is 594 g/mol. The largest absolute Gasteiger partial charge is 0.497 e. The van der Waals surface area contributed by atoms with Gasteiger partial charge in [0.1, 0.15) is 19.9 Å².